The highest BCUT2D eigenvalue weighted by atomic mass is 16.6. The molecule has 0 spiro atoms. The van der Waals surface area contributed by atoms with Crippen LogP contribution in [0.2, 0.25) is 0 Å². The van der Waals surface area contributed by atoms with E-state index in [9.17, 15) is 14.4 Å². The summed E-state index contributed by atoms with van der Waals surface area (Å²) in [5.74, 6) is -1.24. The number of carboxylic acids is 1. The predicted octanol–water partition coefficient (Wildman–Crippen LogP) is 2.17. The van der Waals surface area contributed by atoms with E-state index in [4.69, 9.17) is 38.3 Å². The minimum Gasteiger partial charge on any atom is -0.481 e. The molecule has 248 valence electrons. The molecule has 14 nitrogen and oxygen atoms in total. The zero-order valence-electron chi connectivity index (χ0n) is 25.4. The van der Waals surface area contributed by atoms with Gasteiger partial charge in [0.1, 0.15) is 0 Å². The molecule has 0 aliphatic rings. The van der Waals surface area contributed by atoms with Crippen LogP contribution >= 0.6 is 0 Å². The summed E-state index contributed by atoms with van der Waals surface area (Å²) in [6.07, 6.45) is -0.699. The van der Waals surface area contributed by atoms with E-state index < -0.39 is 12.1 Å². The summed E-state index contributed by atoms with van der Waals surface area (Å²) in [7, 11) is 0. The number of hydrogen-bond donors (Lipinski definition) is 3. The number of hydrogen-bond acceptors (Lipinski definition) is 10. The lowest BCUT2D eigenvalue weighted by Crippen LogP contribution is -2.38. The third kappa shape index (κ3) is 14.2. The fourth-order valence-corrected chi connectivity index (χ4v) is 4.16. The average Bonchev–Trinajstić information content (AvgIpc) is 3.36. The van der Waals surface area contributed by atoms with Crippen LogP contribution < -0.4 is 10.6 Å². The molecule has 3 aromatic rings. The Morgan fingerprint density at radius 2 is 1.04 bits per heavy atom. The first-order chi connectivity index (χ1) is 22.1. The molecular weight excluding hydrogens is 590 g/mol. The van der Waals surface area contributed by atoms with E-state index in [1.54, 1.807) is 0 Å². The number of rotatable bonds is 25. The second kappa shape index (κ2) is 21.8. The Hall–Kier alpha value is -3.79. The summed E-state index contributed by atoms with van der Waals surface area (Å²) >= 11 is 0. The number of nitrogens with zero attached hydrogens (tertiary/aromatic N) is 1. The first-order valence-electron chi connectivity index (χ1n) is 14.9. The molecule has 0 atom stereocenters. The predicted molar refractivity (Wildman–Crippen MR) is 164 cm³/mol. The number of benzene rings is 2. The van der Waals surface area contributed by atoms with Crippen molar-refractivity contribution < 1.29 is 52.6 Å². The van der Waals surface area contributed by atoms with E-state index in [2.05, 4.69) is 10.6 Å². The third-order valence-electron chi connectivity index (χ3n) is 6.29. The lowest BCUT2D eigenvalue weighted by Gasteiger charge is -2.10. The van der Waals surface area contributed by atoms with Gasteiger partial charge in [-0.15, -0.1) is 0 Å². The minimum atomic E-state index is -0.886. The number of fused-ring (bicyclic) bond motifs is 3. The summed E-state index contributed by atoms with van der Waals surface area (Å²) in [5, 5.41) is 15.8. The molecule has 45 heavy (non-hydrogen) atoms. The molecule has 1 heterocycles. The molecule has 3 N–H and O–H groups in total. The van der Waals surface area contributed by atoms with E-state index in [0.717, 1.165) is 21.8 Å². The van der Waals surface area contributed by atoms with Crippen LogP contribution in [0.5, 0.6) is 0 Å². The van der Waals surface area contributed by atoms with Gasteiger partial charge in [0, 0.05) is 17.3 Å². The van der Waals surface area contributed by atoms with Crippen molar-refractivity contribution in [2.24, 2.45) is 0 Å². The van der Waals surface area contributed by atoms with E-state index in [1.165, 1.54) is 0 Å². The maximum absolute atomic E-state index is 12.2. The van der Waals surface area contributed by atoms with Gasteiger partial charge in [0.25, 0.3) is 0 Å². The molecule has 0 saturated carbocycles. The number of aliphatic carboxylic acids is 1. The lowest BCUT2D eigenvalue weighted by atomic mass is 10.2. The van der Waals surface area contributed by atoms with Gasteiger partial charge in [-0.05, 0) is 12.1 Å². The molecule has 2 amide bonds. The van der Waals surface area contributed by atoms with Crippen molar-refractivity contribution in [3.63, 3.8) is 0 Å². The number of aromatic nitrogens is 1. The quantitative estimate of drug-likeness (QED) is 0.117. The zero-order valence-corrected chi connectivity index (χ0v) is 25.4. The molecule has 0 aliphatic heterocycles. The van der Waals surface area contributed by atoms with Crippen LogP contribution in [0, 0.1) is 0 Å². The molecule has 0 fully saturated rings. The van der Waals surface area contributed by atoms with Crippen LogP contribution in [0.25, 0.3) is 21.8 Å². The number of nitrogens with one attached hydrogen (secondary N) is 2. The van der Waals surface area contributed by atoms with Gasteiger partial charge < -0.3 is 53.5 Å². The van der Waals surface area contributed by atoms with E-state index in [-0.39, 0.29) is 32.2 Å². The monoisotopic (exact) mass is 633 g/mol. The molecule has 0 bridgehead atoms. The second-order valence-electron chi connectivity index (χ2n) is 9.54. The highest BCUT2D eigenvalue weighted by Gasteiger charge is 2.12. The van der Waals surface area contributed by atoms with Gasteiger partial charge in [0.2, 0.25) is 5.91 Å². The largest absolute Gasteiger partial charge is 0.481 e. The summed E-state index contributed by atoms with van der Waals surface area (Å²) in [6, 6.07) is 15.8. The number of ether oxygens (including phenoxy) is 7. The molecular formula is C31H43N3O11. The minimum absolute atomic E-state index is 0.0159. The van der Waals surface area contributed by atoms with Gasteiger partial charge in [-0.1, -0.05) is 36.4 Å². The normalized spacial score (nSPS) is 11.2. The topological polar surface area (TPSA) is 165 Å². The summed E-state index contributed by atoms with van der Waals surface area (Å²) in [5.41, 5.74) is 1.92. The van der Waals surface area contributed by atoms with Gasteiger partial charge in [-0.3, -0.25) is 9.59 Å². The van der Waals surface area contributed by atoms with E-state index in [0.29, 0.717) is 79.2 Å². The Bertz CT molecular complexity index is 1250. The molecule has 3 rings (SSSR count). The fraction of sp³-hybridized carbons (Fsp3) is 0.516. The highest BCUT2D eigenvalue weighted by Crippen LogP contribution is 2.28. The average molecular weight is 634 g/mol. The Morgan fingerprint density at radius 1 is 0.600 bits per heavy atom. The summed E-state index contributed by atoms with van der Waals surface area (Å²) < 4.78 is 39.4. The Morgan fingerprint density at radius 3 is 1.53 bits per heavy atom. The first kappa shape index (κ1) is 35.7. The molecule has 0 unspecified atom stereocenters. The van der Waals surface area contributed by atoms with Crippen LogP contribution in [-0.2, 0) is 49.5 Å². The molecule has 14 heteroatoms. The molecule has 0 aliphatic carbocycles. The molecule has 1 aromatic heterocycles. The van der Waals surface area contributed by atoms with Gasteiger partial charge >= 0.3 is 12.1 Å². The van der Waals surface area contributed by atoms with Crippen molar-refractivity contribution in [1.29, 1.82) is 0 Å². The number of carboxylic acid groups (broad SMARTS) is 1. The van der Waals surface area contributed by atoms with Gasteiger partial charge in [-0.25, -0.2) is 4.79 Å². The Labute approximate surface area is 261 Å². The van der Waals surface area contributed by atoms with Crippen molar-refractivity contribution >= 4 is 39.8 Å². The van der Waals surface area contributed by atoms with Crippen molar-refractivity contribution in [2.45, 2.75) is 13.2 Å². The van der Waals surface area contributed by atoms with E-state index >= 15 is 0 Å². The smallest absolute Gasteiger partial charge is 0.409 e. The van der Waals surface area contributed by atoms with Crippen LogP contribution in [0.1, 0.15) is 6.42 Å². The van der Waals surface area contributed by atoms with Gasteiger partial charge in [0.05, 0.1) is 103 Å². The van der Waals surface area contributed by atoms with Crippen LogP contribution in [0.4, 0.5) is 4.79 Å². The number of para-hydroxylation sites is 2. The van der Waals surface area contributed by atoms with Crippen molar-refractivity contribution in [3.05, 3.63) is 48.5 Å². The van der Waals surface area contributed by atoms with Crippen molar-refractivity contribution in [2.75, 3.05) is 92.4 Å². The lowest BCUT2D eigenvalue weighted by molar-refractivity contribution is -0.138. The Balaban J connectivity index is 1.07. The number of carbonyl (C=O) groups excluding carboxylic acids is 2. The molecule has 2 aromatic carbocycles. The van der Waals surface area contributed by atoms with Crippen LogP contribution in [0.15, 0.2) is 48.5 Å². The summed E-state index contributed by atoms with van der Waals surface area (Å²) in [6.45, 7) is 4.67. The maximum atomic E-state index is 12.2. The van der Waals surface area contributed by atoms with E-state index in [1.807, 2.05) is 53.1 Å². The van der Waals surface area contributed by atoms with Crippen LogP contribution in [-0.4, -0.2) is 120 Å². The zero-order chi connectivity index (χ0) is 32.0. The third-order valence-corrected chi connectivity index (χ3v) is 6.29. The number of amides is 2. The standard InChI is InChI=1S/C31H43N3O11/c35-29(23-33-31(38)45-24-34-27-7-3-1-5-25(27)26-6-2-4-8-28(26)34)32-10-12-40-14-16-42-18-20-44-22-21-43-19-17-41-15-13-39-11-9-30(36)37/h1-8H,9-24H2,(H,32,35)(H,33,38)(H,36,37). The number of carbonyl (C=O) groups is 3. The van der Waals surface area contributed by atoms with Crippen molar-refractivity contribution in [3.8, 4) is 0 Å². The van der Waals surface area contributed by atoms with Gasteiger partial charge in [-0.2, -0.15) is 0 Å². The molecule has 0 saturated heterocycles. The molecule has 0 radical (unpaired) electrons. The number of alkyl carbamates (subject to hydrolysis) is 1. The van der Waals surface area contributed by atoms with Gasteiger partial charge in [0.15, 0.2) is 6.73 Å². The maximum Gasteiger partial charge on any atom is 0.409 e. The second-order valence-corrected chi connectivity index (χ2v) is 9.54. The summed E-state index contributed by atoms with van der Waals surface area (Å²) in [4.78, 5) is 34.5. The Kier molecular flexibility index (Phi) is 17.3. The van der Waals surface area contributed by atoms with Crippen molar-refractivity contribution in [1.82, 2.24) is 15.2 Å². The van der Waals surface area contributed by atoms with Crippen LogP contribution in [0.3, 0.4) is 0 Å². The SMILES string of the molecule is O=C(O)CCOCCOCCOCCOCCOCCOCCNC(=O)CNC(=O)OCn1c2ccccc2c2ccccc21. The highest BCUT2D eigenvalue weighted by molar-refractivity contribution is 6.07. The fourth-order valence-electron chi connectivity index (χ4n) is 4.16. The first-order valence-corrected chi connectivity index (χ1v) is 14.9.